The van der Waals surface area contributed by atoms with E-state index in [0.717, 1.165) is 0 Å². The van der Waals surface area contributed by atoms with Crippen LogP contribution in [0.4, 0.5) is 0 Å². The Morgan fingerprint density at radius 2 is 2.04 bits per heavy atom. The van der Waals surface area contributed by atoms with Gasteiger partial charge >= 0.3 is 5.97 Å². The summed E-state index contributed by atoms with van der Waals surface area (Å²) in [4.78, 5) is 20.5. The van der Waals surface area contributed by atoms with Gasteiger partial charge in [0.1, 0.15) is 11.3 Å². The number of aliphatic hydroxyl groups is 2. The van der Waals surface area contributed by atoms with Crippen molar-refractivity contribution in [3.63, 3.8) is 0 Å². The Labute approximate surface area is 157 Å². The number of pyridine rings is 1. The zero-order valence-electron chi connectivity index (χ0n) is 14.6. The Morgan fingerprint density at radius 3 is 2.56 bits per heavy atom. The Balaban J connectivity index is 3.44. The van der Waals surface area contributed by atoms with Crippen LogP contribution in [0.25, 0.3) is 5.76 Å². The van der Waals surface area contributed by atoms with Gasteiger partial charge in [0.2, 0.25) is 0 Å². The molecule has 0 spiro atoms. The Hall–Kier alpha value is -1.63. The quantitative estimate of drug-likeness (QED) is 0.322. The molecule has 0 saturated heterocycles. The highest BCUT2D eigenvalue weighted by Crippen LogP contribution is 2.27. The first-order valence-electron chi connectivity index (χ1n) is 7.80. The fraction of sp³-hybridized carbons (Fsp3) is 0.471. The van der Waals surface area contributed by atoms with E-state index in [1.807, 2.05) is 13.8 Å². The maximum atomic E-state index is 12.2. The van der Waals surface area contributed by atoms with E-state index in [4.69, 9.17) is 27.9 Å². The van der Waals surface area contributed by atoms with Gasteiger partial charge in [-0.15, -0.1) is 0 Å². The van der Waals surface area contributed by atoms with Gasteiger partial charge in [0.25, 0.3) is 0 Å². The molecule has 1 aromatic heterocycles. The Bertz CT molecular complexity index is 687. The first-order valence-corrected chi connectivity index (χ1v) is 8.55. The summed E-state index contributed by atoms with van der Waals surface area (Å²) in [6.07, 6.45) is 1.18. The number of carbonyl (C=O) groups is 1. The monoisotopic (exact) mass is 388 g/mol. The van der Waals surface area contributed by atoms with Crippen molar-refractivity contribution in [2.75, 3.05) is 13.2 Å². The van der Waals surface area contributed by atoms with Crippen LogP contribution in [0.5, 0.6) is 0 Å². The van der Waals surface area contributed by atoms with Gasteiger partial charge in [-0.1, -0.05) is 37.0 Å². The minimum Gasteiger partial charge on any atom is -0.505 e. The summed E-state index contributed by atoms with van der Waals surface area (Å²) >= 11 is 12.0. The van der Waals surface area contributed by atoms with Crippen LogP contribution in [0.2, 0.25) is 10.0 Å². The fourth-order valence-electron chi connectivity index (χ4n) is 1.87. The molecule has 0 bridgehead atoms. The number of esters is 1. The van der Waals surface area contributed by atoms with E-state index in [1.54, 1.807) is 13.8 Å². The molecule has 6 nitrogen and oxygen atoms in total. The molecular formula is C17H22Cl2N2O4. The van der Waals surface area contributed by atoms with Gasteiger partial charge in [-0.25, -0.2) is 9.78 Å². The van der Waals surface area contributed by atoms with Crippen molar-refractivity contribution < 1.29 is 19.7 Å². The second-order valence-electron chi connectivity index (χ2n) is 5.64. The lowest BCUT2D eigenvalue weighted by molar-refractivity contribution is -0.137. The molecule has 0 aliphatic carbocycles. The maximum absolute atomic E-state index is 12.2. The van der Waals surface area contributed by atoms with E-state index >= 15 is 0 Å². The molecule has 8 heteroatoms. The summed E-state index contributed by atoms with van der Waals surface area (Å²) in [5.74, 6) is -1.19. The number of aliphatic imine (C=N–C) groups is 1. The normalized spacial score (nSPS) is 13.9. The molecule has 0 aliphatic heterocycles. The topological polar surface area (TPSA) is 92.0 Å². The van der Waals surface area contributed by atoms with Gasteiger partial charge in [-0.2, -0.15) is 0 Å². The van der Waals surface area contributed by atoms with Gasteiger partial charge in [-0.05, 0) is 25.8 Å². The number of hydrogen-bond donors (Lipinski definition) is 2. The zero-order chi connectivity index (χ0) is 19.1. The van der Waals surface area contributed by atoms with Crippen molar-refractivity contribution in [3.8, 4) is 0 Å². The minimum absolute atomic E-state index is 0.00293. The van der Waals surface area contributed by atoms with E-state index < -0.39 is 17.8 Å². The molecule has 1 aromatic rings. The van der Waals surface area contributed by atoms with Gasteiger partial charge in [0.05, 0.1) is 35.0 Å². The minimum atomic E-state index is -0.769. The predicted molar refractivity (Wildman–Crippen MR) is 99.4 cm³/mol. The van der Waals surface area contributed by atoms with Crippen LogP contribution in [0, 0.1) is 12.8 Å². The number of carbonyl (C=O) groups excluding carboxylic acids is 1. The maximum Gasteiger partial charge on any atom is 0.343 e. The molecular weight excluding hydrogens is 367 g/mol. The molecule has 1 atom stereocenters. The van der Waals surface area contributed by atoms with E-state index in [1.165, 1.54) is 12.3 Å². The number of rotatable bonds is 7. The molecule has 0 unspecified atom stereocenters. The van der Waals surface area contributed by atoms with Gasteiger partial charge in [-0.3, -0.25) is 4.99 Å². The van der Waals surface area contributed by atoms with Crippen molar-refractivity contribution in [1.29, 1.82) is 0 Å². The highest BCUT2D eigenvalue weighted by molar-refractivity contribution is 6.36. The first-order chi connectivity index (χ1) is 11.7. The van der Waals surface area contributed by atoms with Crippen molar-refractivity contribution >= 4 is 41.1 Å². The molecule has 25 heavy (non-hydrogen) atoms. The highest BCUT2D eigenvalue weighted by atomic mass is 35.5. The summed E-state index contributed by atoms with van der Waals surface area (Å²) in [7, 11) is 0. The van der Waals surface area contributed by atoms with E-state index in [9.17, 15) is 15.0 Å². The summed E-state index contributed by atoms with van der Waals surface area (Å²) < 4.78 is 4.96. The Morgan fingerprint density at radius 1 is 1.40 bits per heavy atom. The summed E-state index contributed by atoms with van der Waals surface area (Å²) in [6.45, 7) is 6.99. The lowest BCUT2D eigenvalue weighted by Crippen LogP contribution is -2.19. The lowest BCUT2D eigenvalue weighted by Gasteiger charge is -2.14. The number of aromatic nitrogens is 1. The van der Waals surface area contributed by atoms with Crippen LogP contribution in [-0.2, 0) is 9.53 Å². The van der Waals surface area contributed by atoms with Crippen LogP contribution in [0.1, 0.15) is 32.2 Å². The SMILES string of the molecule is CCOC(=O)C(C=N[C@H](CO)C(C)C)=C(O)c1nc(C)c(Cl)cc1Cl. The highest BCUT2D eigenvalue weighted by Gasteiger charge is 2.21. The molecule has 0 fully saturated rings. The molecule has 2 N–H and O–H groups in total. The number of halogens is 2. The second-order valence-corrected chi connectivity index (χ2v) is 6.46. The summed E-state index contributed by atoms with van der Waals surface area (Å²) in [5.41, 5.74) is 0.253. The largest absolute Gasteiger partial charge is 0.505 e. The Kier molecular flexibility index (Phi) is 8.35. The molecule has 1 heterocycles. The van der Waals surface area contributed by atoms with E-state index in [0.29, 0.717) is 10.7 Å². The number of aliphatic hydroxyl groups excluding tert-OH is 2. The third kappa shape index (κ3) is 5.70. The summed E-state index contributed by atoms with van der Waals surface area (Å²) in [6, 6.07) is 1.01. The molecule has 138 valence electrons. The summed E-state index contributed by atoms with van der Waals surface area (Å²) in [5, 5.41) is 20.3. The zero-order valence-corrected chi connectivity index (χ0v) is 16.1. The molecule has 0 saturated carbocycles. The number of hydrogen-bond acceptors (Lipinski definition) is 6. The van der Waals surface area contributed by atoms with Crippen LogP contribution < -0.4 is 0 Å². The third-order valence-corrected chi connectivity index (χ3v) is 4.10. The molecule has 0 radical (unpaired) electrons. The fourth-order valence-corrected chi connectivity index (χ4v) is 2.32. The van der Waals surface area contributed by atoms with Crippen molar-refractivity contribution in [3.05, 3.63) is 33.1 Å². The third-order valence-electron chi connectivity index (χ3n) is 3.43. The van der Waals surface area contributed by atoms with Gasteiger partial charge < -0.3 is 14.9 Å². The van der Waals surface area contributed by atoms with Crippen LogP contribution in [-0.4, -0.2) is 46.6 Å². The number of ether oxygens (including phenoxy) is 1. The van der Waals surface area contributed by atoms with Crippen LogP contribution in [0.15, 0.2) is 16.6 Å². The average Bonchev–Trinajstić information content (AvgIpc) is 2.54. The second kappa shape index (κ2) is 9.75. The predicted octanol–water partition coefficient (Wildman–Crippen LogP) is 3.62. The van der Waals surface area contributed by atoms with Crippen LogP contribution >= 0.6 is 23.2 Å². The first kappa shape index (κ1) is 21.4. The van der Waals surface area contributed by atoms with Gasteiger partial charge in [0.15, 0.2) is 5.76 Å². The van der Waals surface area contributed by atoms with Crippen molar-refractivity contribution in [1.82, 2.24) is 4.98 Å². The molecule has 0 amide bonds. The van der Waals surface area contributed by atoms with Crippen LogP contribution in [0.3, 0.4) is 0 Å². The molecule has 0 aromatic carbocycles. The molecule has 0 aliphatic rings. The standard InChI is InChI=1S/C17H22Cl2N2O4/c1-5-25-17(24)11(7-20-14(8-22)9(2)3)16(23)15-13(19)6-12(18)10(4)21-15/h6-7,9,14,22-23H,5,8H2,1-4H3/t14-/m1/s1. The van der Waals surface area contributed by atoms with Gasteiger partial charge in [0, 0.05) is 6.21 Å². The number of aryl methyl sites for hydroxylation is 1. The lowest BCUT2D eigenvalue weighted by atomic mass is 10.1. The average molecular weight is 389 g/mol. The van der Waals surface area contributed by atoms with E-state index in [-0.39, 0.29) is 35.4 Å². The molecule has 1 rings (SSSR count). The smallest absolute Gasteiger partial charge is 0.343 e. The van der Waals surface area contributed by atoms with Crippen molar-refractivity contribution in [2.45, 2.75) is 33.7 Å². The number of nitrogens with zero attached hydrogens (tertiary/aromatic N) is 2. The van der Waals surface area contributed by atoms with E-state index in [2.05, 4.69) is 9.98 Å². The van der Waals surface area contributed by atoms with Crippen molar-refractivity contribution in [2.24, 2.45) is 10.9 Å².